The standard InChI is InChI=1S/C21H22N4O3/c26-19-13-25(12-14(19)11-15-5-3-4-10-22-15)20(27)9-8-18-21(28)24-17-7-2-1-6-16(17)23-18/h1-7,10,14,19,26H,8-9,11-13H2,(H,24,28)/t14-,19-/m1/s1. The van der Waals surface area contributed by atoms with Crippen molar-refractivity contribution in [1.29, 1.82) is 0 Å². The molecular weight excluding hydrogens is 356 g/mol. The third kappa shape index (κ3) is 3.94. The van der Waals surface area contributed by atoms with Crippen LogP contribution in [0.4, 0.5) is 0 Å². The number of likely N-dealkylation sites (tertiary alicyclic amines) is 1. The van der Waals surface area contributed by atoms with Gasteiger partial charge in [0.25, 0.3) is 5.56 Å². The summed E-state index contributed by atoms with van der Waals surface area (Å²) in [6.07, 6.45) is 2.27. The molecule has 4 rings (SSSR count). The lowest BCUT2D eigenvalue weighted by Crippen LogP contribution is -2.30. The van der Waals surface area contributed by atoms with Gasteiger partial charge in [-0.1, -0.05) is 18.2 Å². The number of carbonyl (C=O) groups is 1. The molecule has 2 atom stereocenters. The van der Waals surface area contributed by atoms with Crippen molar-refractivity contribution in [3.8, 4) is 0 Å². The number of carbonyl (C=O) groups excluding carboxylic acids is 1. The molecule has 0 unspecified atom stereocenters. The minimum atomic E-state index is -0.562. The number of fused-ring (bicyclic) bond motifs is 1. The molecule has 0 aliphatic carbocycles. The molecule has 0 bridgehead atoms. The van der Waals surface area contributed by atoms with E-state index in [2.05, 4.69) is 15.0 Å². The molecular formula is C21H22N4O3. The van der Waals surface area contributed by atoms with Gasteiger partial charge in [-0.25, -0.2) is 4.98 Å². The predicted octanol–water partition coefficient (Wildman–Crippen LogP) is 1.31. The molecule has 1 fully saturated rings. The number of aliphatic hydroxyl groups excluding tert-OH is 1. The fourth-order valence-corrected chi connectivity index (χ4v) is 3.67. The van der Waals surface area contributed by atoms with Crippen molar-refractivity contribution in [2.45, 2.75) is 25.4 Å². The number of aromatic nitrogens is 3. The van der Waals surface area contributed by atoms with Gasteiger partial charge in [-0.15, -0.1) is 0 Å². The number of amides is 1. The third-order valence-electron chi connectivity index (χ3n) is 5.20. The maximum absolute atomic E-state index is 12.6. The summed E-state index contributed by atoms with van der Waals surface area (Å²) in [5.74, 6) is -0.0991. The molecule has 1 aliphatic rings. The van der Waals surface area contributed by atoms with Crippen LogP contribution >= 0.6 is 0 Å². The van der Waals surface area contributed by atoms with Gasteiger partial charge in [0.2, 0.25) is 5.91 Å². The summed E-state index contributed by atoms with van der Waals surface area (Å²) in [4.78, 5) is 37.9. The van der Waals surface area contributed by atoms with E-state index in [-0.39, 0.29) is 30.2 Å². The van der Waals surface area contributed by atoms with Gasteiger partial charge >= 0.3 is 0 Å². The SMILES string of the molecule is O=C(CCc1nc2ccccc2[nH]c1=O)N1C[C@@H](Cc2ccccn2)[C@H](O)C1. The number of para-hydroxylation sites is 2. The molecule has 2 aromatic heterocycles. The number of aryl methyl sites for hydroxylation is 1. The van der Waals surface area contributed by atoms with Gasteiger partial charge in [0, 0.05) is 43.7 Å². The Labute approximate surface area is 162 Å². The van der Waals surface area contributed by atoms with Gasteiger partial charge in [0.15, 0.2) is 0 Å². The third-order valence-corrected chi connectivity index (χ3v) is 5.20. The van der Waals surface area contributed by atoms with Crippen molar-refractivity contribution >= 4 is 16.9 Å². The normalized spacial score (nSPS) is 19.2. The first kappa shape index (κ1) is 18.3. The average Bonchev–Trinajstić information content (AvgIpc) is 3.07. The van der Waals surface area contributed by atoms with Crippen LogP contribution in [0.15, 0.2) is 53.5 Å². The van der Waals surface area contributed by atoms with Crippen molar-refractivity contribution in [3.63, 3.8) is 0 Å². The van der Waals surface area contributed by atoms with Gasteiger partial charge in [-0.05, 0) is 30.7 Å². The number of nitrogens with one attached hydrogen (secondary N) is 1. The molecule has 0 radical (unpaired) electrons. The second-order valence-corrected chi connectivity index (χ2v) is 7.18. The highest BCUT2D eigenvalue weighted by molar-refractivity contribution is 5.77. The summed E-state index contributed by atoms with van der Waals surface area (Å²) in [5.41, 5.74) is 2.39. The Balaban J connectivity index is 1.38. The molecule has 0 saturated carbocycles. The van der Waals surface area contributed by atoms with Crippen LogP contribution in [0.25, 0.3) is 11.0 Å². The summed E-state index contributed by atoms with van der Waals surface area (Å²) in [6, 6.07) is 13.0. The van der Waals surface area contributed by atoms with E-state index >= 15 is 0 Å². The highest BCUT2D eigenvalue weighted by Gasteiger charge is 2.34. The number of nitrogens with zero attached hydrogens (tertiary/aromatic N) is 3. The fraction of sp³-hybridized carbons (Fsp3) is 0.333. The largest absolute Gasteiger partial charge is 0.391 e. The molecule has 3 aromatic rings. The monoisotopic (exact) mass is 378 g/mol. The number of hydrogen-bond acceptors (Lipinski definition) is 5. The zero-order valence-electron chi connectivity index (χ0n) is 15.4. The first-order chi connectivity index (χ1) is 13.6. The number of β-amino-alcohol motifs (C(OH)–C–C–N with tert-alkyl or cyclic N) is 1. The van der Waals surface area contributed by atoms with Crippen LogP contribution in [-0.2, 0) is 17.6 Å². The molecule has 1 saturated heterocycles. The maximum atomic E-state index is 12.6. The first-order valence-corrected chi connectivity index (χ1v) is 9.44. The molecule has 3 heterocycles. The molecule has 0 spiro atoms. The lowest BCUT2D eigenvalue weighted by Gasteiger charge is -2.16. The second-order valence-electron chi connectivity index (χ2n) is 7.18. The Bertz CT molecular complexity index is 1030. The Morgan fingerprint density at radius 3 is 2.82 bits per heavy atom. The summed E-state index contributed by atoms with van der Waals surface area (Å²) in [5, 5.41) is 10.3. The van der Waals surface area contributed by atoms with E-state index in [0.29, 0.717) is 36.2 Å². The van der Waals surface area contributed by atoms with E-state index in [4.69, 9.17) is 0 Å². The summed E-state index contributed by atoms with van der Waals surface area (Å²) in [7, 11) is 0. The van der Waals surface area contributed by atoms with Crippen LogP contribution in [0.1, 0.15) is 17.8 Å². The van der Waals surface area contributed by atoms with Crippen LogP contribution < -0.4 is 5.56 Å². The number of rotatable bonds is 5. The van der Waals surface area contributed by atoms with E-state index in [1.165, 1.54) is 0 Å². The predicted molar refractivity (Wildman–Crippen MR) is 105 cm³/mol. The van der Waals surface area contributed by atoms with Crippen molar-refractivity contribution in [2.24, 2.45) is 5.92 Å². The lowest BCUT2D eigenvalue weighted by molar-refractivity contribution is -0.130. The summed E-state index contributed by atoms with van der Waals surface area (Å²) >= 11 is 0. The van der Waals surface area contributed by atoms with E-state index in [0.717, 1.165) is 5.69 Å². The number of aromatic amines is 1. The van der Waals surface area contributed by atoms with Gasteiger partial charge in [-0.2, -0.15) is 0 Å². The van der Waals surface area contributed by atoms with E-state index in [1.807, 2.05) is 36.4 Å². The van der Waals surface area contributed by atoms with E-state index < -0.39 is 6.10 Å². The van der Waals surface area contributed by atoms with Crippen molar-refractivity contribution in [1.82, 2.24) is 19.9 Å². The topological polar surface area (TPSA) is 99.2 Å². The fourth-order valence-electron chi connectivity index (χ4n) is 3.67. The number of H-pyrrole nitrogens is 1. The van der Waals surface area contributed by atoms with Crippen molar-refractivity contribution in [2.75, 3.05) is 13.1 Å². The van der Waals surface area contributed by atoms with Gasteiger partial charge in [0.1, 0.15) is 5.69 Å². The lowest BCUT2D eigenvalue weighted by atomic mass is 10.00. The summed E-state index contributed by atoms with van der Waals surface area (Å²) in [6.45, 7) is 0.815. The smallest absolute Gasteiger partial charge is 0.270 e. The Hall–Kier alpha value is -3.06. The minimum Gasteiger partial charge on any atom is -0.391 e. The molecule has 1 amide bonds. The van der Waals surface area contributed by atoms with Gasteiger partial charge in [-0.3, -0.25) is 14.6 Å². The van der Waals surface area contributed by atoms with E-state index in [1.54, 1.807) is 17.2 Å². The van der Waals surface area contributed by atoms with Crippen LogP contribution in [0.2, 0.25) is 0 Å². The minimum absolute atomic E-state index is 0.0268. The average molecular weight is 378 g/mol. The number of benzene rings is 1. The molecule has 7 heteroatoms. The number of aliphatic hydroxyl groups is 1. The quantitative estimate of drug-likeness (QED) is 0.697. The number of hydrogen-bond donors (Lipinski definition) is 2. The number of pyridine rings is 1. The first-order valence-electron chi connectivity index (χ1n) is 9.44. The molecule has 28 heavy (non-hydrogen) atoms. The van der Waals surface area contributed by atoms with Gasteiger partial charge < -0.3 is 15.0 Å². The maximum Gasteiger partial charge on any atom is 0.270 e. The second kappa shape index (κ2) is 7.90. The highest BCUT2D eigenvalue weighted by atomic mass is 16.3. The molecule has 1 aromatic carbocycles. The Morgan fingerprint density at radius 2 is 2.00 bits per heavy atom. The van der Waals surface area contributed by atoms with E-state index in [9.17, 15) is 14.7 Å². The van der Waals surface area contributed by atoms with Crippen LogP contribution in [0, 0.1) is 5.92 Å². The van der Waals surface area contributed by atoms with Crippen LogP contribution in [-0.4, -0.2) is 50.1 Å². The summed E-state index contributed by atoms with van der Waals surface area (Å²) < 4.78 is 0. The van der Waals surface area contributed by atoms with Crippen molar-refractivity contribution < 1.29 is 9.90 Å². The highest BCUT2D eigenvalue weighted by Crippen LogP contribution is 2.21. The zero-order chi connectivity index (χ0) is 19.5. The zero-order valence-corrected chi connectivity index (χ0v) is 15.4. The van der Waals surface area contributed by atoms with Crippen molar-refractivity contribution in [3.05, 3.63) is 70.4 Å². The molecule has 2 N–H and O–H groups in total. The molecule has 1 aliphatic heterocycles. The van der Waals surface area contributed by atoms with Crippen LogP contribution in [0.5, 0.6) is 0 Å². The van der Waals surface area contributed by atoms with Crippen LogP contribution in [0.3, 0.4) is 0 Å². The Morgan fingerprint density at radius 1 is 1.18 bits per heavy atom. The van der Waals surface area contributed by atoms with Gasteiger partial charge in [0.05, 0.1) is 17.1 Å². The molecule has 7 nitrogen and oxygen atoms in total. The Kier molecular flexibility index (Phi) is 5.16. The molecule has 144 valence electrons.